The van der Waals surface area contributed by atoms with E-state index in [2.05, 4.69) is 5.32 Å². The van der Waals surface area contributed by atoms with E-state index in [4.69, 9.17) is 10.7 Å². The van der Waals surface area contributed by atoms with Crippen molar-refractivity contribution in [2.75, 3.05) is 0 Å². The number of benzene rings is 1. The molecule has 2 bridgehead atoms. The maximum absolute atomic E-state index is 12.4. The molecule has 1 amide bonds. The van der Waals surface area contributed by atoms with Crippen LogP contribution in [0.15, 0.2) is 23.1 Å². The van der Waals surface area contributed by atoms with Crippen molar-refractivity contribution < 1.29 is 13.2 Å². The second-order valence-corrected chi connectivity index (χ2v) is 8.79. The van der Waals surface area contributed by atoms with E-state index in [-0.39, 0.29) is 16.8 Å². The molecular formula is C15H18ClNO3S. The average Bonchev–Trinajstić information content (AvgIpc) is 2.99. The minimum absolute atomic E-state index is 0.0257. The first-order chi connectivity index (χ1) is 9.83. The molecule has 6 heteroatoms. The number of amides is 1. The minimum Gasteiger partial charge on any atom is -0.349 e. The molecule has 3 unspecified atom stereocenters. The van der Waals surface area contributed by atoms with Gasteiger partial charge in [-0.05, 0) is 61.8 Å². The highest BCUT2D eigenvalue weighted by molar-refractivity contribution is 8.13. The topological polar surface area (TPSA) is 63.2 Å². The van der Waals surface area contributed by atoms with Gasteiger partial charge in [0, 0.05) is 22.3 Å². The Bertz CT molecular complexity index is 686. The monoisotopic (exact) mass is 327 g/mol. The second kappa shape index (κ2) is 5.29. The number of aryl methyl sites for hydroxylation is 1. The Labute approximate surface area is 129 Å². The fourth-order valence-corrected chi connectivity index (χ4v) is 4.55. The van der Waals surface area contributed by atoms with Crippen LogP contribution in [0.5, 0.6) is 0 Å². The van der Waals surface area contributed by atoms with Crippen LogP contribution in [0.3, 0.4) is 0 Å². The van der Waals surface area contributed by atoms with Crippen LogP contribution in [-0.4, -0.2) is 20.4 Å². The highest BCUT2D eigenvalue weighted by Gasteiger charge is 2.40. The predicted octanol–water partition coefficient (Wildman–Crippen LogP) is 2.84. The minimum atomic E-state index is -3.82. The smallest absolute Gasteiger partial charge is 0.261 e. The van der Waals surface area contributed by atoms with E-state index in [1.807, 2.05) is 0 Å². The lowest BCUT2D eigenvalue weighted by molar-refractivity contribution is 0.0922. The van der Waals surface area contributed by atoms with Crippen LogP contribution in [0.25, 0.3) is 0 Å². The Morgan fingerprint density at radius 3 is 2.57 bits per heavy atom. The number of fused-ring (bicyclic) bond motifs is 2. The highest BCUT2D eigenvalue weighted by Crippen LogP contribution is 2.44. The van der Waals surface area contributed by atoms with Gasteiger partial charge in [0.05, 0.1) is 4.90 Å². The van der Waals surface area contributed by atoms with Gasteiger partial charge in [-0.15, -0.1) is 0 Å². The van der Waals surface area contributed by atoms with E-state index >= 15 is 0 Å². The third-order valence-corrected chi connectivity index (χ3v) is 5.98. The molecule has 2 fully saturated rings. The summed E-state index contributed by atoms with van der Waals surface area (Å²) in [6.07, 6.45) is 4.71. The quantitative estimate of drug-likeness (QED) is 0.868. The molecule has 3 atom stereocenters. The fraction of sp³-hybridized carbons (Fsp3) is 0.533. The van der Waals surface area contributed by atoms with Crippen molar-refractivity contribution in [3.63, 3.8) is 0 Å². The fourth-order valence-electron chi connectivity index (χ4n) is 3.69. The van der Waals surface area contributed by atoms with Gasteiger partial charge in [-0.1, -0.05) is 6.42 Å². The molecule has 1 N–H and O–H groups in total. The molecule has 0 aliphatic heterocycles. The van der Waals surface area contributed by atoms with Gasteiger partial charge in [0.1, 0.15) is 0 Å². The van der Waals surface area contributed by atoms with Crippen LogP contribution in [-0.2, 0) is 9.05 Å². The van der Waals surface area contributed by atoms with Gasteiger partial charge in [0.15, 0.2) is 0 Å². The predicted molar refractivity (Wildman–Crippen MR) is 80.9 cm³/mol. The van der Waals surface area contributed by atoms with E-state index in [1.54, 1.807) is 13.0 Å². The number of halogens is 1. The Morgan fingerprint density at radius 2 is 2.00 bits per heavy atom. The molecule has 21 heavy (non-hydrogen) atoms. The first-order valence-electron chi connectivity index (χ1n) is 7.20. The summed E-state index contributed by atoms with van der Waals surface area (Å²) in [5.74, 6) is 1.12. The van der Waals surface area contributed by atoms with Gasteiger partial charge in [0.2, 0.25) is 0 Å². The van der Waals surface area contributed by atoms with E-state index in [9.17, 15) is 13.2 Å². The Kier molecular flexibility index (Phi) is 3.74. The lowest BCUT2D eigenvalue weighted by Gasteiger charge is -2.23. The maximum Gasteiger partial charge on any atom is 0.261 e. The third-order valence-electron chi connectivity index (χ3n) is 4.65. The van der Waals surface area contributed by atoms with Crippen molar-refractivity contribution >= 4 is 25.6 Å². The number of hydrogen-bond acceptors (Lipinski definition) is 3. The summed E-state index contributed by atoms with van der Waals surface area (Å²) in [5, 5.41) is 3.06. The van der Waals surface area contributed by atoms with Crippen LogP contribution in [0.1, 0.15) is 41.6 Å². The molecule has 2 aliphatic rings. The number of nitrogens with one attached hydrogen (secondary N) is 1. The van der Waals surface area contributed by atoms with Gasteiger partial charge < -0.3 is 5.32 Å². The summed E-state index contributed by atoms with van der Waals surface area (Å²) in [5.41, 5.74) is 1.06. The van der Waals surface area contributed by atoms with Crippen molar-refractivity contribution in [3.05, 3.63) is 29.3 Å². The van der Waals surface area contributed by atoms with Gasteiger partial charge in [-0.3, -0.25) is 4.79 Å². The van der Waals surface area contributed by atoms with Crippen LogP contribution in [0.2, 0.25) is 0 Å². The van der Waals surface area contributed by atoms with E-state index < -0.39 is 9.05 Å². The van der Waals surface area contributed by atoms with Crippen molar-refractivity contribution in [1.82, 2.24) is 5.32 Å². The Hall–Kier alpha value is -1.07. The molecule has 0 spiro atoms. The lowest BCUT2D eigenvalue weighted by Crippen LogP contribution is -2.38. The highest BCUT2D eigenvalue weighted by atomic mass is 35.7. The van der Waals surface area contributed by atoms with Crippen LogP contribution in [0.4, 0.5) is 0 Å². The lowest BCUT2D eigenvalue weighted by atomic mass is 9.95. The normalized spacial score (nSPS) is 27.8. The average molecular weight is 328 g/mol. The second-order valence-electron chi connectivity index (χ2n) is 6.23. The summed E-state index contributed by atoms with van der Waals surface area (Å²) in [4.78, 5) is 12.3. The van der Waals surface area contributed by atoms with E-state index in [0.29, 0.717) is 17.0 Å². The zero-order chi connectivity index (χ0) is 15.2. The van der Waals surface area contributed by atoms with Gasteiger partial charge in [-0.2, -0.15) is 0 Å². The molecule has 2 saturated carbocycles. The van der Waals surface area contributed by atoms with Gasteiger partial charge in [0.25, 0.3) is 15.0 Å². The molecule has 2 aliphatic carbocycles. The van der Waals surface area contributed by atoms with E-state index in [1.165, 1.54) is 31.4 Å². The SMILES string of the molecule is Cc1cc(C(=O)NC2CC3CCC2C3)cc(S(=O)(=O)Cl)c1. The summed E-state index contributed by atoms with van der Waals surface area (Å²) in [6.45, 7) is 1.75. The number of rotatable bonds is 3. The van der Waals surface area contributed by atoms with Crippen molar-refractivity contribution in [1.29, 1.82) is 0 Å². The molecule has 0 saturated heterocycles. The molecule has 4 nitrogen and oxygen atoms in total. The van der Waals surface area contributed by atoms with Crippen molar-refractivity contribution in [3.8, 4) is 0 Å². The third kappa shape index (κ3) is 3.09. The van der Waals surface area contributed by atoms with Crippen LogP contribution in [0, 0.1) is 18.8 Å². The molecule has 0 radical (unpaired) electrons. The van der Waals surface area contributed by atoms with Crippen molar-refractivity contribution in [2.24, 2.45) is 11.8 Å². The van der Waals surface area contributed by atoms with Gasteiger partial charge in [-0.25, -0.2) is 8.42 Å². The summed E-state index contributed by atoms with van der Waals surface area (Å²) in [6, 6.07) is 4.73. The summed E-state index contributed by atoms with van der Waals surface area (Å²) < 4.78 is 22.9. The van der Waals surface area contributed by atoms with Crippen molar-refractivity contribution in [2.45, 2.75) is 43.5 Å². The first-order valence-corrected chi connectivity index (χ1v) is 9.51. The standard InChI is InChI=1S/C15H18ClNO3S/c1-9-4-12(8-13(5-9)21(16,19)20)15(18)17-14-7-10-2-3-11(14)6-10/h4-5,8,10-11,14H,2-3,6-7H2,1H3,(H,17,18). The first kappa shape index (κ1) is 14.9. The Balaban J connectivity index is 1.80. The van der Waals surface area contributed by atoms with Crippen LogP contribution >= 0.6 is 10.7 Å². The molecule has 1 aromatic rings. The molecular weight excluding hydrogens is 310 g/mol. The number of carbonyl (C=O) groups is 1. The Morgan fingerprint density at radius 1 is 1.24 bits per heavy atom. The molecule has 1 aromatic carbocycles. The van der Waals surface area contributed by atoms with Crippen LogP contribution < -0.4 is 5.32 Å². The van der Waals surface area contributed by atoms with Gasteiger partial charge >= 0.3 is 0 Å². The summed E-state index contributed by atoms with van der Waals surface area (Å²) >= 11 is 0. The molecule has 0 aromatic heterocycles. The zero-order valence-electron chi connectivity index (χ0n) is 11.8. The molecule has 114 valence electrons. The number of carbonyl (C=O) groups excluding carboxylic acids is 1. The molecule has 3 rings (SSSR count). The molecule has 0 heterocycles. The maximum atomic E-state index is 12.4. The zero-order valence-corrected chi connectivity index (χ0v) is 13.4. The largest absolute Gasteiger partial charge is 0.349 e. The number of hydrogen-bond donors (Lipinski definition) is 1. The summed E-state index contributed by atoms with van der Waals surface area (Å²) in [7, 11) is 1.54. The van der Waals surface area contributed by atoms with E-state index in [0.717, 1.165) is 12.3 Å².